The maximum Gasteiger partial charge on any atom is 0.151 e. The van der Waals surface area contributed by atoms with Crippen LogP contribution in [0.2, 0.25) is 0 Å². The van der Waals surface area contributed by atoms with Crippen molar-refractivity contribution < 1.29 is 4.79 Å². The van der Waals surface area contributed by atoms with Gasteiger partial charge in [0.2, 0.25) is 0 Å². The van der Waals surface area contributed by atoms with E-state index in [2.05, 4.69) is 35.8 Å². The van der Waals surface area contributed by atoms with Gasteiger partial charge in [-0.2, -0.15) is 0 Å². The van der Waals surface area contributed by atoms with Crippen molar-refractivity contribution in [2.45, 2.75) is 26.7 Å². The Hall–Kier alpha value is -1.19. The molecule has 1 aliphatic rings. The van der Waals surface area contributed by atoms with Crippen molar-refractivity contribution in [1.82, 2.24) is 9.80 Å². The fourth-order valence-corrected chi connectivity index (χ4v) is 2.81. The van der Waals surface area contributed by atoms with Crippen molar-refractivity contribution in [3.8, 4) is 0 Å². The molecule has 1 saturated heterocycles. The van der Waals surface area contributed by atoms with Crippen LogP contribution in [-0.2, 0) is 11.2 Å². The second-order valence-electron chi connectivity index (χ2n) is 5.76. The van der Waals surface area contributed by atoms with E-state index in [9.17, 15) is 4.79 Å². The molecule has 0 N–H and O–H groups in total. The largest absolute Gasteiger partial charge is 0.301 e. The summed E-state index contributed by atoms with van der Waals surface area (Å²) in [4.78, 5) is 17.0. The third kappa shape index (κ3) is 4.43. The minimum atomic E-state index is 0.336. The topological polar surface area (TPSA) is 23.6 Å². The zero-order valence-corrected chi connectivity index (χ0v) is 12.8. The van der Waals surface area contributed by atoms with Gasteiger partial charge in [-0.3, -0.25) is 9.69 Å². The lowest BCUT2D eigenvalue weighted by Crippen LogP contribution is -2.48. The highest BCUT2D eigenvalue weighted by atomic mass is 16.1. The highest BCUT2D eigenvalue weighted by Gasteiger charge is 2.18. The maximum atomic E-state index is 12.2. The number of Topliss-reactive ketones (excluding diaryl/α,β-unsaturated/α-hetero) is 1. The molecule has 1 heterocycles. The summed E-state index contributed by atoms with van der Waals surface area (Å²) in [5.74, 6) is 0.336. The van der Waals surface area contributed by atoms with Crippen molar-refractivity contribution in [2.24, 2.45) is 0 Å². The molecule has 0 radical (unpaired) electrons. The summed E-state index contributed by atoms with van der Waals surface area (Å²) in [6.45, 7) is 10.3. The zero-order chi connectivity index (χ0) is 14.4. The Kier molecular flexibility index (Phi) is 5.74. The number of rotatable bonds is 6. The molecule has 0 aromatic heterocycles. The molecule has 0 amide bonds. The molecule has 0 atom stereocenters. The Labute approximate surface area is 122 Å². The fourth-order valence-electron chi connectivity index (χ4n) is 2.81. The lowest BCUT2D eigenvalue weighted by atomic mass is 10.0. The molecule has 0 spiro atoms. The Bertz CT molecular complexity index is 436. The van der Waals surface area contributed by atoms with Crippen LogP contribution in [0.25, 0.3) is 0 Å². The lowest BCUT2D eigenvalue weighted by Gasteiger charge is -2.34. The lowest BCUT2D eigenvalue weighted by molar-refractivity contribution is -0.120. The first-order valence-corrected chi connectivity index (χ1v) is 7.70. The summed E-state index contributed by atoms with van der Waals surface area (Å²) in [5, 5.41) is 0. The third-order valence-electron chi connectivity index (χ3n) is 4.05. The predicted octanol–water partition coefficient (Wildman–Crippen LogP) is 2.13. The van der Waals surface area contributed by atoms with Gasteiger partial charge in [0.05, 0.1) is 6.54 Å². The number of hydrogen-bond acceptors (Lipinski definition) is 3. The smallest absolute Gasteiger partial charge is 0.151 e. The summed E-state index contributed by atoms with van der Waals surface area (Å²) >= 11 is 0. The molecule has 3 nitrogen and oxygen atoms in total. The SMILES string of the molecule is CCCN1CCN(CC(=O)Cc2ccccc2C)CC1. The first kappa shape index (κ1) is 15.2. The number of piperazine rings is 1. The monoisotopic (exact) mass is 274 g/mol. The molecule has 1 aromatic rings. The van der Waals surface area contributed by atoms with Crippen LogP contribution in [-0.4, -0.2) is 54.9 Å². The van der Waals surface area contributed by atoms with Crippen molar-refractivity contribution in [2.75, 3.05) is 39.3 Å². The van der Waals surface area contributed by atoms with Crippen LogP contribution in [0.15, 0.2) is 24.3 Å². The van der Waals surface area contributed by atoms with Crippen molar-refractivity contribution in [3.63, 3.8) is 0 Å². The standard InChI is InChI=1S/C17H26N2O/c1-3-8-18-9-11-19(12-10-18)14-17(20)13-16-7-5-4-6-15(16)2/h4-7H,3,8-14H2,1-2H3. The Morgan fingerprint density at radius 1 is 1.10 bits per heavy atom. The Balaban J connectivity index is 1.77. The van der Waals surface area contributed by atoms with Gasteiger partial charge in [0, 0.05) is 32.6 Å². The van der Waals surface area contributed by atoms with Crippen LogP contribution < -0.4 is 0 Å². The average Bonchev–Trinajstić information content (AvgIpc) is 2.44. The van der Waals surface area contributed by atoms with E-state index in [1.807, 2.05) is 12.1 Å². The van der Waals surface area contributed by atoms with Crippen molar-refractivity contribution in [3.05, 3.63) is 35.4 Å². The molecule has 1 aliphatic heterocycles. The van der Waals surface area contributed by atoms with E-state index in [-0.39, 0.29) is 0 Å². The van der Waals surface area contributed by atoms with E-state index in [1.54, 1.807) is 0 Å². The van der Waals surface area contributed by atoms with Crippen LogP contribution in [0.1, 0.15) is 24.5 Å². The van der Waals surface area contributed by atoms with Gasteiger partial charge in [0.25, 0.3) is 0 Å². The van der Waals surface area contributed by atoms with E-state index in [1.165, 1.54) is 24.1 Å². The molecule has 1 aromatic carbocycles. The minimum absolute atomic E-state index is 0.336. The molecule has 110 valence electrons. The van der Waals surface area contributed by atoms with Gasteiger partial charge in [-0.15, -0.1) is 0 Å². The van der Waals surface area contributed by atoms with Gasteiger partial charge in [-0.1, -0.05) is 31.2 Å². The first-order chi connectivity index (χ1) is 9.69. The minimum Gasteiger partial charge on any atom is -0.301 e. The summed E-state index contributed by atoms with van der Waals surface area (Å²) in [5.41, 5.74) is 2.38. The van der Waals surface area contributed by atoms with Gasteiger partial charge in [-0.05, 0) is 31.0 Å². The number of aryl methyl sites for hydroxylation is 1. The molecule has 0 aliphatic carbocycles. The molecule has 0 saturated carbocycles. The maximum absolute atomic E-state index is 12.2. The number of hydrogen-bond donors (Lipinski definition) is 0. The first-order valence-electron chi connectivity index (χ1n) is 7.70. The highest BCUT2D eigenvalue weighted by molar-refractivity contribution is 5.83. The quantitative estimate of drug-likeness (QED) is 0.794. The highest BCUT2D eigenvalue weighted by Crippen LogP contribution is 2.09. The van der Waals surface area contributed by atoms with Crippen LogP contribution in [0.3, 0.4) is 0 Å². The molecule has 0 bridgehead atoms. The summed E-state index contributed by atoms with van der Waals surface area (Å²) in [6, 6.07) is 8.17. The van der Waals surface area contributed by atoms with Gasteiger partial charge in [0.1, 0.15) is 0 Å². The van der Waals surface area contributed by atoms with Gasteiger partial charge >= 0.3 is 0 Å². The van der Waals surface area contributed by atoms with Gasteiger partial charge in [0.15, 0.2) is 5.78 Å². The molecule has 0 unspecified atom stereocenters. The third-order valence-corrected chi connectivity index (χ3v) is 4.05. The number of carbonyl (C=O) groups is 1. The van der Waals surface area contributed by atoms with Crippen molar-refractivity contribution >= 4 is 5.78 Å². The summed E-state index contributed by atoms with van der Waals surface area (Å²) in [6.07, 6.45) is 1.79. The van der Waals surface area contributed by atoms with E-state index in [0.29, 0.717) is 18.7 Å². The number of ketones is 1. The van der Waals surface area contributed by atoms with E-state index in [4.69, 9.17) is 0 Å². The number of nitrogens with zero attached hydrogens (tertiary/aromatic N) is 2. The van der Waals surface area contributed by atoms with Crippen molar-refractivity contribution in [1.29, 1.82) is 0 Å². The Morgan fingerprint density at radius 3 is 2.40 bits per heavy atom. The van der Waals surface area contributed by atoms with Crippen LogP contribution >= 0.6 is 0 Å². The average molecular weight is 274 g/mol. The second kappa shape index (κ2) is 7.55. The molecule has 20 heavy (non-hydrogen) atoms. The molecular formula is C17H26N2O. The molecule has 3 heteroatoms. The molecule has 2 rings (SSSR count). The van der Waals surface area contributed by atoms with E-state index >= 15 is 0 Å². The summed E-state index contributed by atoms with van der Waals surface area (Å²) in [7, 11) is 0. The number of carbonyl (C=O) groups excluding carboxylic acids is 1. The Morgan fingerprint density at radius 2 is 1.75 bits per heavy atom. The normalized spacial score (nSPS) is 17.3. The van der Waals surface area contributed by atoms with Crippen LogP contribution in [0, 0.1) is 6.92 Å². The zero-order valence-electron chi connectivity index (χ0n) is 12.8. The van der Waals surface area contributed by atoms with E-state index < -0.39 is 0 Å². The van der Waals surface area contributed by atoms with Gasteiger partial charge in [-0.25, -0.2) is 0 Å². The van der Waals surface area contributed by atoms with Gasteiger partial charge < -0.3 is 4.90 Å². The molecule has 1 fully saturated rings. The predicted molar refractivity (Wildman–Crippen MR) is 83.1 cm³/mol. The van der Waals surface area contributed by atoms with E-state index in [0.717, 1.165) is 26.2 Å². The molecular weight excluding hydrogens is 248 g/mol. The second-order valence-corrected chi connectivity index (χ2v) is 5.76. The van der Waals surface area contributed by atoms with Crippen LogP contribution in [0.5, 0.6) is 0 Å². The van der Waals surface area contributed by atoms with Crippen LogP contribution in [0.4, 0.5) is 0 Å². The number of benzene rings is 1. The summed E-state index contributed by atoms with van der Waals surface area (Å²) < 4.78 is 0. The fraction of sp³-hybridized carbons (Fsp3) is 0.588.